The first-order chi connectivity index (χ1) is 18.8. The number of nitrogens with two attached hydrogens (primary N) is 1. The molecule has 214 valence electrons. The minimum Gasteiger partial charge on any atom is -0.508 e. The van der Waals surface area contributed by atoms with E-state index in [1.165, 1.54) is 24.3 Å². The third kappa shape index (κ3) is 10.4. The van der Waals surface area contributed by atoms with E-state index in [1.54, 1.807) is 30.3 Å². The number of nitrogens with one attached hydrogen (secondary N) is 3. The van der Waals surface area contributed by atoms with Crippen LogP contribution in [0.25, 0.3) is 0 Å². The molecule has 3 amide bonds. The van der Waals surface area contributed by atoms with Crippen LogP contribution in [-0.4, -0.2) is 80.2 Å². The summed E-state index contributed by atoms with van der Waals surface area (Å²) in [6.07, 6.45) is -1.96. The summed E-state index contributed by atoms with van der Waals surface area (Å²) in [6.45, 7) is 0. The molecule has 2 aromatic rings. The van der Waals surface area contributed by atoms with Gasteiger partial charge in [0.1, 0.15) is 23.9 Å². The monoisotopic (exact) mass is 558 g/mol. The fourth-order valence-electron chi connectivity index (χ4n) is 3.61. The van der Waals surface area contributed by atoms with Gasteiger partial charge in [0.2, 0.25) is 17.7 Å². The number of carboxylic acid groups (broad SMARTS) is 3. The highest BCUT2D eigenvalue weighted by atomic mass is 16.4. The van der Waals surface area contributed by atoms with E-state index in [1.807, 2.05) is 0 Å². The summed E-state index contributed by atoms with van der Waals surface area (Å²) in [6, 6.07) is 7.94. The number of carbonyl (C=O) groups excluding carboxylic acids is 3. The third-order valence-corrected chi connectivity index (χ3v) is 5.65. The van der Waals surface area contributed by atoms with Crippen LogP contribution in [0, 0.1) is 0 Å². The minimum absolute atomic E-state index is 0.0653. The molecule has 0 spiro atoms. The number of hydrogen-bond donors (Lipinski definition) is 8. The van der Waals surface area contributed by atoms with E-state index >= 15 is 0 Å². The number of hydrogen-bond acceptors (Lipinski definition) is 8. The van der Waals surface area contributed by atoms with Gasteiger partial charge in [-0.25, -0.2) is 4.79 Å². The van der Waals surface area contributed by atoms with Crippen LogP contribution in [0.4, 0.5) is 0 Å². The lowest BCUT2D eigenvalue weighted by Gasteiger charge is -2.25. The van der Waals surface area contributed by atoms with Crippen LogP contribution in [0.2, 0.25) is 0 Å². The Bertz CT molecular complexity index is 1220. The average Bonchev–Trinajstić information content (AvgIpc) is 2.88. The van der Waals surface area contributed by atoms with E-state index < -0.39 is 72.6 Å². The molecule has 9 N–H and O–H groups in total. The van der Waals surface area contributed by atoms with E-state index in [-0.39, 0.29) is 18.6 Å². The second kappa shape index (κ2) is 14.8. The van der Waals surface area contributed by atoms with Crippen LogP contribution in [0.5, 0.6) is 5.75 Å². The van der Waals surface area contributed by atoms with Crippen LogP contribution in [0.3, 0.4) is 0 Å². The molecule has 0 fully saturated rings. The maximum Gasteiger partial charge on any atom is 0.326 e. The zero-order valence-electron chi connectivity index (χ0n) is 21.1. The van der Waals surface area contributed by atoms with Crippen molar-refractivity contribution in [1.82, 2.24) is 16.0 Å². The Balaban J connectivity index is 2.28. The average molecular weight is 559 g/mol. The molecule has 0 aliphatic heterocycles. The first-order valence-corrected chi connectivity index (χ1v) is 12.0. The maximum atomic E-state index is 13.2. The SMILES string of the molecule is NC(CC(=O)O)C(=O)NC(CC(=O)O)C(=O)NC(Cc1ccc(O)cc1)C(=O)NC(Cc1ccccc1)C(=O)O. The Morgan fingerprint density at radius 2 is 1.10 bits per heavy atom. The predicted octanol–water partition coefficient (Wildman–Crippen LogP) is -1.01. The molecule has 0 heterocycles. The van der Waals surface area contributed by atoms with E-state index in [9.17, 15) is 44.1 Å². The van der Waals surface area contributed by atoms with E-state index in [4.69, 9.17) is 10.8 Å². The summed E-state index contributed by atoms with van der Waals surface area (Å²) in [4.78, 5) is 72.6. The Labute approximate surface area is 228 Å². The van der Waals surface area contributed by atoms with E-state index in [0.29, 0.717) is 11.1 Å². The molecule has 0 aliphatic carbocycles. The highest BCUT2D eigenvalue weighted by Crippen LogP contribution is 2.12. The van der Waals surface area contributed by atoms with Crippen molar-refractivity contribution in [3.63, 3.8) is 0 Å². The number of phenolic OH excluding ortho intramolecular Hbond substituents is 1. The zero-order valence-corrected chi connectivity index (χ0v) is 21.1. The van der Waals surface area contributed by atoms with Crippen LogP contribution < -0.4 is 21.7 Å². The molecule has 14 nitrogen and oxygen atoms in total. The second-order valence-corrected chi connectivity index (χ2v) is 8.88. The van der Waals surface area contributed by atoms with Crippen molar-refractivity contribution in [2.75, 3.05) is 0 Å². The molecular weight excluding hydrogens is 528 g/mol. The lowest BCUT2D eigenvalue weighted by atomic mass is 10.0. The van der Waals surface area contributed by atoms with Gasteiger partial charge < -0.3 is 42.1 Å². The quantitative estimate of drug-likeness (QED) is 0.132. The largest absolute Gasteiger partial charge is 0.508 e. The Morgan fingerprint density at radius 1 is 0.625 bits per heavy atom. The second-order valence-electron chi connectivity index (χ2n) is 8.88. The van der Waals surface area contributed by atoms with Crippen molar-refractivity contribution in [3.05, 3.63) is 65.7 Å². The molecule has 0 saturated heterocycles. The number of benzene rings is 2. The molecule has 0 aliphatic rings. The smallest absolute Gasteiger partial charge is 0.326 e. The molecular formula is C26H30N4O10. The number of carboxylic acids is 3. The Hall–Kier alpha value is -4.98. The normalized spacial score (nSPS) is 13.6. The van der Waals surface area contributed by atoms with Crippen molar-refractivity contribution < 1.29 is 49.2 Å². The van der Waals surface area contributed by atoms with Gasteiger partial charge in [0.05, 0.1) is 18.9 Å². The molecule has 0 radical (unpaired) electrons. The van der Waals surface area contributed by atoms with Crippen molar-refractivity contribution in [2.24, 2.45) is 5.73 Å². The fraction of sp³-hybridized carbons (Fsp3) is 0.308. The van der Waals surface area contributed by atoms with Crippen LogP contribution in [0.15, 0.2) is 54.6 Å². The molecule has 2 rings (SSSR count). The highest BCUT2D eigenvalue weighted by Gasteiger charge is 2.32. The summed E-state index contributed by atoms with van der Waals surface area (Å²) in [5, 5.41) is 44.1. The topological polar surface area (TPSA) is 245 Å². The first-order valence-electron chi connectivity index (χ1n) is 12.0. The summed E-state index contributed by atoms with van der Waals surface area (Å²) in [5.41, 5.74) is 6.57. The Morgan fingerprint density at radius 3 is 1.65 bits per heavy atom. The van der Waals surface area contributed by atoms with Gasteiger partial charge in [-0.3, -0.25) is 24.0 Å². The summed E-state index contributed by atoms with van der Waals surface area (Å²) >= 11 is 0. The molecule has 0 bridgehead atoms. The maximum absolute atomic E-state index is 13.2. The first kappa shape index (κ1) is 31.2. The lowest BCUT2D eigenvalue weighted by molar-refractivity contribution is -0.143. The van der Waals surface area contributed by atoms with Crippen molar-refractivity contribution >= 4 is 35.6 Å². The molecule has 2 aromatic carbocycles. The van der Waals surface area contributed by atoms with E-state index in [0.717, 1.165) is 0 Å². The van der Waals surface area contributed by atoms with Crippen LogP contribution >= 0.6 is 0 Å². The van der Waals surface area contributed by atoms with Crippen molar-refractivity contribution in [2.45, 2.75) is 49.9 Å². The molecule has 0 saturated carbocycles. The Kier molecular flexibility index (Phi) is 11.6. The highest BCUT2D eigenvalue weighted by molar-refractivity contribution is 5.96. The predicted molar refractivity (Wildman–Crippen MR) is 138 cm³/mol. The third-order valence-electron chi connectivity index (χ3n) is 5.65. The zero-order chi connectivity index (χ0) is 29.8. The number of amides is 3. The molecule has 14 heteroatoms. The van der Waals surface area contributed by atoms with E-state index in [2.05, 4.69) is 16.0 Å². The minimum atomic E-state index is -1.74. The summed E-state index contributed by atoms with van der Waals surface area (Å²) in [5.74, 6) is -7.39. The summed E-state index contributed by atoms with van der Waals surface area (Å²) in [7, 11) is 0. The van der Waals surface area contributed by atoms with Gasteiger partial charge in [-0.1, -0.05) is 42.5 Å². The van der Waals surface area contributed by atoms with Gasteiger partial charge in [-0.15, -0.1) is 0 Å². The number of carbonyl (C=O) groups is 6. The lowest BCUT2D eigenvalue weighted by Crippen LogP contribution is -2.58. The van der Waals surface area contributed by atoms with Crippen LogP contribution in [0.1, 0.15) is 24.0 Å². The van der Waals surface area contributed by atoms with Crippen molar-refractivity contribution in [3.8, 4) is 5.75 Å². The van der Waals surface area contributed by atoms with Crippen molar-refractivity contribution in [1.29, 1.82) is 0 Å². The van der Waals surface area contributed by atoms with Gasteiger partial charge in [-0.05, 0) is 23.3 Å². The fourth-order valence-corrected chi connectivity index (χ4v) is 3.61. The summed E-state index contributed by atoms with van der Waals surface area (Å²) < 4.78 is 0. The number of phenols is 1. The molecule has 4 atom stereocenters. The van der Waals surface area contributed by atoms with Gasteiger partial charge in [0, 0.05) is 12.8 Å². The standard InChI is InChI=1S/C26H30N4O10/c27-17(12-21(32)33)23(36)28-19(13-22(34)35)25(38)29-18(10-15-6-8-16(31)9-7-15)24(37)30-20(26(39)40)11-14-4-2-1-3-5-14/h1-9,17-20,31H,10-13,27H2,(H,28,36)(H,29,38)(H,30,37)(H,32,33)(H,34,35)(H,39,40). The van der Waals surface area contributed by atoms with Gasteiger partial charge in [0.15, 0.2) is 0 Å². The van der Waals surface area contributed by atoms with Crippen LogP contribution in [-0.2, 0) is 41.6 Å². The molecule has 0 aromatic heterocycles. The van der Waals surface area contributed by atoms with Gasteiger partial charge in [0.25, 0.3) is 0 Å². The number of aromatic hydroxyl groups is 1. The van der Waals surface area contributed by atoms with Gasteiger partial charge in [-0.2, -0.15) is 0 Å². The number of rotatable bonds is 15. The molecule has 4 unspecified atom stereocenters. The van der Waals surface area contributed by atoms with Gasteiger partial charge >= 0.3 is 17.9 Å². The number of aliphatic carboxylic acids is 3. The molecule has 40 heavy (non-hydrogen) atoms.